The summed E-state index contributed by atoms with van der Waals surface area (Å²) in [5.74, 6) is -2.25. The van der Waals surface area contributed by atoms with E-state index < -0.39 is 37.7 Å². The van der Waals surface area contributed by atoms with Crippen molar-refractivity contribution in [3.63, 3.8) is 0 Å². The number of hydrogen-bond donors (Lipinski definition) is 2. The number of carboxylic acid groups (broad SMARTS) is 1. The van der Waals surface area contributed by atoms with Crippen LogP contribution >= 0.6 is 7.60 Å². The van der Waals surface area contributed by atoms with Crippen molar-refractivity contribution in [1.29, 1.82) is 0 Å². The molecule has 9 nitrogen and oxygen atoms in total. The number of rotatable bonds is 13. The Morgan fingerprint density at radius 3 is 2.45 bits per heavy atom. The number of carbonyl (C=O) groups is 2. The van der Waals surface area contributed by atoms with Gasteiger partial charge in [0, 0.05) is 19.1 Å². The van der Waals surface area contributed by atoms with Crippen molar-refractivity contribution < 1.29 is 71.5 Å². The van der Waals surface area contributed by atoms with Crippen molar-refractivity contribution in [2.45, 2.75) is 63.2 Å². The molecule has 4 atom stereocenters. The van der Waals surface area contributed by atoms with Gasteiger partial charge in [-0.05, 0) is 50.6 Å². The van der Waals surface area contributed by atoms with E-state index in [4.69, 9.17) is 10.3 Å². The first-order valence-corrected chi connectivity index (χ1v) is 12.4. The molecule has 0 aliphatic carbocycles. The van der Waals surface area contributed by atoms with Crippen LogP contribution in [0.25, 0.3) is 0 Å². The van der Waals surface area contributed by atoms with Gasteiger partial charge < -0.3 is 39.6 Å². The number of likely N-dealkylation sites (tertiary alicyclic amines) is 1. The Labute approximate surface area is 219 Å². The second kappa shape index (κ2) is 16.2. The molecule has 1 fully saturated rings. The molecule has 0 saturated carbocycles. The van der Waals surface area contributed by atoms with Gasteiger partial charge >= 0.3 is 37.7 Å². The van der Waals surface area contributed by atoms with Gasteiger partial charge in [-0.15, -0.1) is 0 Å². The van der Waals surface area contributed by atoms with Crippen molar-refractivity contribution in [3.8, 4) is 0 Å². The Morgan fingerprint density at radius 1 is 1.18 bits per heavy atom. The van der Waals surface area contributed by atoms with Gasteiger partial charge in [0.1, 0.15) is 13.7 Å². The number of nitrogens with zero attached hydrogens (tertiary/aromatic N) is 1. The Hall–Kier alpha value is -0.575. The van der Waals surface area contributed by atoms with E-state index in [1.54, 1.807) is 0 Å². The van der Waals surface area contributed by atoms with E-state index in [0.29, 0.717) is 32.2 Å². The number of unbranched alkanes of at least 4 members (excludes halogenated alkanes) is 2. The number of aliphatic carboxylic acids is 1. The van der Waals surface area contributed by atoms with E-state index in [1.807, 2.05) is 30.3 Å². The van der Waals surface area contributed by atoms with Crippen LogP contribution in [0.2, 0.25) is 0 Å². The van der Waals surface area contributed by atoms with E-state index in [0.717, 1.165) is 16.9 Å². The average Bonchev–Trinajstić information content (AvgIpc) is 3.13. The van der Waals surface area contributed by atoms with Gasteiger partial charge in [-0.2, -0.15) is 0 Å². The molecule has 1 heterocycles. The van der Waals surface area contributed by atoms with Crippen LogP contribution in [-0.4, -0.2) is 59.4 Å². The number of amides is 1. The monoisotopic (exact) mass is 468 g/mol. The molecule has 0 spiro atoms. The number of β-amino-alcohol motifs (C(OH)–C–C–N with tert-alkyl or cyclic N) is 1. The van der Waals surface area contributed by atoms with E-state index in [2.05, 4.69) is 0 Å². The van der Waals surface area contributed by atoms with Crippen LogP contribution in [0.1, 0.15) is 44.1 Å². The van der Waals surface area contributed by atoms with Gasteiger partial charge in [0.15, 0.2) is 0 Å². The molecule has 1 amide bonds. The number of benzene rings is 1. The van der Waals surface area contributed by atoms with Crippen LogP contribution in [0.4, 0.5) is 0 Å². The van der Waals surface area contributed by atoms with Crippen molar-refractivity contribution in [3.05, 3.63) is 35.9 Å². The number of hydrogen-bond acceptors (Lipinski definition) is 8. The summed E-state index contributed by atoms with van der Waals surface area (Å²) in [6, 6.07) is 8.39. The third kappa shape index (κ3) is 11.1. The van der Waals surface area contributed by atoms with Crippen LogP contribution in [0.15, 0.2) is 30.3 Å². The van der Waals surface area contributed by atoms with Crippen LogP contribution in [-0.2, 0) is 25.1 Å². The van der Waals surface area contributed by atoms with Gasteiger partial charge in [-0.25, -0.2) is 0 Å². The maximum absolute atomic E-state index is 12.9. The first kappa shape index (κ1) is 32.4. The molecule has 1 aliphatic rings. The quantitative estimate of drug-likeness (QED) is 0.165. The summed E-state index contributed by atoms with van der Waals surface area (Å²) in [7, 11) is -4.33. The normalized spacial score (nSPS) is 20.3. The zero-order valence-corrected chi connectivity index (χ0v) is 20.5. The van der Waals surface area contributed by atoms with E-state index in [9.17, 15) is 29.3 Å². The number of aliphatic hydroxyl groups excluding tert-OH is 1. The molecular formula is C21H31Li2N2O7P. The van der Waals surface area contributed by atoms with Crippen molar-refractivity contribution >= 4 is 19.5 Å². The fourth-order valence-corrected chi connectivity index (χ4v) is 4.99. The molecule has 1 unspecified atom stereocenters. The number of aliphatic hydroxyl groups is 1. The van der Waals surface area contributed by atoms with E-state index >= 15 is 0 Å². The van der Waals surface area contributed by atoms with Crippen molar-refractivity contribution in [2.75, 3.05) is 19.3 Å². The second-order valence-electron chi connectivity index (χ2n) is 7.87. The summed E-state index contributed by atoms with van der Waals surface area (Å²) in [6.07, 6.45) is 0.167. The molecule has 33 heavy (non-hydrogen) atoms. The number of carbonyl (C=O) groups excluding carboxylic acids is 2. The predicted molar refractivity (Wildman–Crippen MR) is 111 cm³/mol. The number of nitrogens with two attached hydrogens (primary N) is 1. The second-order valence-corrected chi connectivity index (χ2v) is 9.75. The predicted octanol–water partition coefficient (Wildman–Crippen LogP) is -6.20. The minimum atomic E-state index is -4.33. The minimum Gasteiger partial charge on any atom is -0.778 e. The topological polar surface area (TPSA) is 156 Å². The molecule has 2 rings (SSSR count). The molecule has 0 aromatic heterocycles. The van der Waals surface area contributed by atoms with Gasteiger partial charge in [0.05, 0.1) is 18.1 Å². The SMILES string of the molecule is NCCCC[C@H](OP(=O)([O-])CCCCc1ccccc1)C(=O)N1C[C@@H](O)C[C@H]1C(=O)[O-].[Li+].[Li+]. The molecule has 3 N–H and O–H groups in total. The van der Waals surface area contributed by atoms with Crippen LogP contribution in [0, 0.1) is 0 Å². The van der Waals surface area contributed by atoms with Crippen molar-refractivity contribution in [1.82, 2.24) is 4.90 Å². The first-order chi connectivity index (χ1) is 14.7. The Kier molecular flexibility index (Phi) is 15.9. The molecule has 1 aromatic rings. The number of carboxylic acids is 1. The van der Waals surface area contributed by atoms with E-state index in [1.165, 1.54) is 0 Å². The minimum absolute atomic E-state index is 0. The smallest absolute Gasteiger partial charge is 0.778 e. The molecule has 0 radical (unpaired) electrons. The van der Waals surface area contributed by atoms with Crippen molar-refractivity contribution in [2.24, 2.45) is 5.73 Å². The molecule has 0 bridgehead atoms. The van der Waals surface area contributed by atoms with Gasteiger partial charge in [-0.1, -0.05) is 30.3 Å². The first-order valence-electron chi connectivity index (χ1n) is 10.7. The largest absolute Gasteiger partial charge is 1.00 e. The van der Waals surface area contributed by atoms with Crippen LogP contribution < -0.4 is 53.5 Å². The Morgan fingerprint density at radius 2 is 1.85 bits per heavy atom. The number of aryl methyl sites for hydroxylation is 1. The zero-order valence-electron chi connectivity index (χ0n) is 19.6. The van der Waals surface area contributed by atoms with Gasteiger partial charge in [-0.3, -0.25) is 4.79 Å². The summed E-state index contributed by atoms with van der Waals surface area (Å²) < 4.78 is 17.8. The summed E-state index contributed by atoms with van der Waals surface area (Å²) in [6.45, 7) is 0.175. The zero-order chi connectivity index (χ0) is 22.9. The van der Waals surface area contributed by atoms with E-state index in [-0.39, 0.29) is 63.3 Å². The molecule has 174 valence electrons. The molecule has 1 aliphatic heterocycles. The van der Waals surface area contributed by atoms with Gasteiger partial charge in [0.2, 0.25) is 0 Å². The third-order valence-electron chi connectivity index (χ3n) is 5.31. The maximum atomic E-state index is 12.9. The average molecular weight is 468 g/mol. The third-order valence-corrected chi connectivity index (χ3v) is 6.75. The van der Waals surface area contributed by atoms with Crippen LogP contribution in [0.3, 0.4) is 0 Å². The molecule has 1 saturated heterocycles. The molecular weight excluding hydrogens is 437 g/mol. The summed E-state index contributed by atoms with van der Waals surface area (Å²) in [5.41, 5.74) is 6.59. The molecule has 1 aromatic carbocycles. The fraction of sp³-hybridized carbons (Fsp3) is 0.619. The Bertz CT molecular complexity index is 772. The maximum Gasteiger partial charge on any atom is 1.00 e. The molecule has 12 heteroatoms. The van der Waals surface area contributed by atoms with Gasteiger partial charge in [0.25, 0.3) is 5.91 Å². The fourth-order valence-electron chi connectivity index (χ4n) is 3.69. The summed E-state index contributed by atoms with van der Waals surface area (Å²) >= 11 is 0. The van der Waals surface area contributed by atoms with Crippen LogP contribution in [0.5, 0.6) is 0 Å². The Balaban J connectivity index is 0.00000512. The summed E-state index contributed by atoms with van der Waals surface area (Å²) in [5, 5.41) is 21.1. The summed E-state index contributed by atoms with van der Waals surface area (Å²) in [4.78, 5) is 37.7. The standard InChI is InChI=1S/C21H33N2O7P.2Li/c22-12-6-4-11-19(20(25)23-15-17(24)14-18(23)21(26)27)30-31(28,29)13-7-5-10-16-8-2-1-3-9-16;;/h1-3,8-9,17-19,24H,4-7,10-15,22H2,(H,26,27)(H,28,29);;/q;2*+1/p-2/t17-,18-,19-;;/m0../s1.